The molecule has 4 rings (SSSR count). The van der Waals surface area contributed by atoms with Crippen LogP contribution in [0.2, 0.25) is 0 Å². The van der Waals surface area contributed by atoms with Gasteiger partial charge in [-0.15, -0.1) is 0 Å². The largest absolute Gasteiger partial charge is 0.493 e. The number of nitrogens with zero attached hydrogens (tertiary/aromatic N) is 1. The molecule has 0 aliphatic heterocycles. The Labute approximate surface area is 244 Å². The number of rotatable bonds is 17. The zero-order valence-corrected chi connectivity index (χ0v) is 23.7. The molecule has 0 aliphatic rings. The summed E-state index contributed by atoms with van der Waals surface area (Å²) in [5, 5.41) is 0. The number of hydrogen-bond donors (Lipinski definition) is 0. The Morgan fingerprint density at radius 2 is 1.10 bits per heavy atom. The fraction of sp³-hybridized carbons (Fsp3) is 0.243. The number of anilines is 3. The maximum atomic E-state index is 11.6. The molecule has 0 aromatic heterocycles. The lowest BCUT2D eigenvalue weighted by atomic mass is 10.1. The summed E-state index contributed by atoms with van der Waals surface area (Å²) in [5.41, 5.74) is 5.95. The minimum Gasteiger partial charge on any atom is -0.493 e. The molecular weight excluding hydrogens is 506 g/mol. The van der Waals surface area contributed by atoms with Gasteiger partial charge in [0.25, 0.3) is 0 Å². The van der Waals surface area contributed by atoms with E-state index in [1.54, 1.807) is 0 Å². The average molecular weight is 546 g/mol. The van der Waals surface area contributed by atoms with Crippen molar-refractivity contribution in [3.05, 3.63) is 120 Å². The molecule has 0 N–H and O–H groups in total. The highest BCUT2D eigenvalue weighted by molar-refractivity contribution is 5.82. The van der Waals surface area contributed by atoms with Gasteiger partial charge in [-0.3, -0.25) is 4.79 Å². The van der Waals surface area contributed by atoms with E-state index in [1.807, 2.05) is 36.4 Å². The molecule has 0 radical (unpaired) electrons. The molecule has 4 aromatic carbocycles. The van der Waals surface area contributed by atoms with Crippen LogP contribution in [0.5, 0.6) is 5.75 Å². The van der Waals surface area contributed by atoms with Gasteiger partial charge in [-0.2, -0.15) is 0 Å². The van der Waals surface area contributed by atoms with Crippen LogP contribution in [0.4, 0.5) is 17.1 Å². The maximum Gasteiger partial charge on any atom is 0.153 e. The van der Waals surface area contributed by atoms with Gasteiger partial charge in [0.05, 0.1) is 12.2 Å². The topological polar surface area (TPSA) is 46.6 Å². The van der Waals surface area contributed by atoms with Gasteiger partial charge >= 0.3 is 0 Å². The molecule has 0 atom stereocenters. The van der Waals surface area contributed by atoms with Gasteiger partial charge in [0.2, 0.25) is 0 Å². The van der Waals surface area contributed by atoms with Gasteiger partial charge in [-0.05, 0) is 72.5 Å². The van der Waals surface area contributed by atoms with Crippen molar-refractivity contribution in [1.82, 2.24) is 0 Å². The van der Waals surface area contributed by atoms with Crippen LogP contribution in [-0.4, -0.2) is 19.2 Å². The highest BCUT2D eigenvalue weighted by Crippen LogP contribution is 2.34. The second-order valence-corrected chi connectivity index (χ2v) is 10.1. The highest BCUT2D eigenvalue weighted by atomic mass is 16.5. The SMILES string of the molecule is O=CCCCCCCCCCOc1cc(/C=C/c2ccc(N(c3ccccc3)c3ccccc3)cc2)ccc1C=O. The zero-order chi connectivity index (χ0) is 28.5. The van der Waals surface area contributed by atoms with Crippen molar-refractivity contribution in [2.24, 2.45) is 0 Å². The molecule has 0 bridgehead atoms. The van der Waals surface area contributed by atoms with Crippen molar-refractivity contribution >= 4 is 41.8 Å². The Kier molecular flexibility index (Phi) is 12.0. The van der Waals surface area contributed by atoms with E-state index in [1.165, 1.54) is 19.3 Å². The molecular formula is C37H39NO3. The second-order valence-electron chi connectivity index (χ2n) is 10.1. The van der Waals surface area contributed by atoms with Crippen LogP contribution in [0, 0.1) is 0 Å². The molecule has 4 aromatic rings. The third kappa shape index (κ3) is 9.32. The van der Waals surface area contributed by atoms with E-state index in [0.29, 0.717) is 24.3 Å². The quantitative estimate of drug-likeness (QED) is 0.0752. The van der Waals surface area contributed by atoms with Crippen LogP contribution in [0.25, 0.3) is 12.2 Å². The first-order valence-electron chi connectivity index (χ1n) is 14.6. The van der Waals surface area contributed by atoms with Crippen molar-refractivity contribution < 1.29 is 14.3 Å². The summed E-state index contributed by atoms with van der Waals surface area (Å²) >= 11 is 0. The van der Waals surface area contributed by atoms with E-state index in [2.05, 4.69) is 83.8 Å². The Bertz CT molecular complexity index is 1330. The summed E-state index contributed by atoms with van der Waals surface area (Å²) < 4.78 is 6.00. The molecule has 4 nitrogen and oxygen atoms in total. The molecule has 0 unspecified atom stereocenters. The first kappa shape index (κ1) is 29.5. The minimum atomic E-state index is 0.573. The summed E-state index contributed by atoms with van der Waals surface area (Å²) in [6.07, 6.45) is 14.4. The van der Waals surface area contributed by atoms with Crippen LogP contribution in [0.15, 0.2) is 103 Å². The summed E-state index contributed by atoms with van der Waals surface area (Å²) in [6, 6.07) is 34.9. The fourth-order valence-corrected chi connectivity index (χ4v) is 4.80. The highest BCUT2D eigenvalue weighted by Gasteiger charge is 2.11. The Balaban J connectivity index is 1.35. The molecule has 0 heterocycles. The van der Waals surface area contributed by atoms with E-state index in [0.717, 1.165) is 66.4 Å². The number of para-hydroxylation sites is 2. The summed E-state index contributed by atoms with van der Waals surface area (Å²) in [4.78, 5) is 24.2. The maximum absolute atomic E-state index is 11.6. The second kappa shape index (κ2) is 16.6. The summed E-state index contributed by atoms with van der Waals surface area (Å²) in [7, 11) is 0. The lowest BCUT2D eigenvalue weighted by molar-refractivity contribution is -0.107. The molecule has 0 fully saturated rings. The van der Waals surface area contributed by atoms with Crippen molar-refractivity contribution in [3.63, 3.8) is 0 Å². The number of benzene rings is 4. The molecule has 210 valence electrons. The van der Waals surface area contributed by atoms with E-state index in [9.17, 15) is 9.59 Å². The number of hydrogen-bond acceptors (Lipinski definition) is 4. The lowest BCUT2D eigenvalue weighted by Gasteiger charge is -2.25. The minimum absolute atomic E-state index is 0.573. The van der Waals surface area contributed by atoms with E-state index in [4.69, 9.17) is 4.74 Å². The van der Waals surface area contributed by atoms with Crippen LogP contribution in [-0.2, 0) is 4.79 Å². The molecule has 0 amide bonds. The summed E-state index contributed by atoms with van der Waals surface area (Å²) in [5.74, 6) is 0.632. The van der Waals surface area contributed by atoms with E-state index >= 15 is 0 Å². The van der Waals surface area contributed by atoms with Gasteiger partial charge in [-0.25, -0.2) is 0 Å². The monoisotopic (exact) mass is 545 g/mol. The van der Waals surface area contributed by atoms with Crippen molar-refractivity contribution in [2.45, 2.75) is 51.4 Å². The summed E-state index contributed by atoms with van der Waals surface area (Å²) in [6.45, 7) is 0.597. The van der Waals surface area contributed by atoms with E-state index in [-0.39, 0.29) is 0 Å². The van der Waals surface area contributed by atoms with Crippen molar-refractivity contribution in [3.8, 4) is 5.75 Å². The fourth-order valence-electron chi connectivity index (χ4n) is 4.80. The van der Waals surface area contributed by atoms with Crippen LogP contribution >= 0.6 is 0 Å². The van der Waals surface area contributed by atoms with Gasteiger partial charge in [-0.1, -0.05) is 98.9 Å². The lowest BCUT2D eigenvalue weighted by Crippen LogP contribution is -2.09. The molecule has 4 heteroatoms. The standard InChI is InChI=1S/C37H39NO3/c39-27-13-5-3-1-2-4-6-14-28-41-37-29-32(21-24-33(37)30-40)20-19-31-22-25-36(26-23-31)38(34-15-9-7-10-16-34)35-17-11-8-12-18-35/h7-12,15-27,29-30H,1-6,13-14,28H2/b20-19+. The number of carbonyl (C=O) groups is 2. The molecule has 0 aliphatic carbocycles. The third-order valence-corrected chi connectivity index (χ3v) is 7.04. The van der Waals surface area contributed by atoms with Gasteiger partial charge in [0, 0.05) is 23.5 Å². The third-order valence-electron chi connectivity index (χ3n) is 7.04. The molecule has 0 saturated heterocycles. The smallest absolute Gasteiger partial charge is 0.153 e. The number of ether oxygens (including phenoxy) is 1. The predicted molar refractivity (Wildman–Crippen MR) is 170 cm³/mol. The molecule has 0 saturated carbocycles. The zero-order valence-electron chi connectivity index (χ0n) is 23.7. The normalized spacial score (nSPS) is 10.9. The first-order chi connectivity index (χ1) is 20.3. The van der Waals surface area contributed by atoms with Crippen LogP contribution in [0.1, 0.15) is 72.9 Å². The van der Waals surface area contributed by atoms with Crippen LogP contribution in [0.3, 0.4) is 0 Å². The number of unbranched alkanes of at least 4 members (excludes halogenated alkanes) is 7. The van der Waals surface area contributed by atoms with Gasteiger partial charge < -0.3 is 14.4 Å². The first-order valence-corrected chi connectivity index (χ1v) is 14.6. The van der Waals surface area contributed by atoms with Gasteiger partial charge in [0.1, 0.15) is 12.0 Å². The Morgan fingerprint density at radius 3 is 1.71 bits per heavy atom. The van der Waals surface area contributed by atoms with Crippen molar-refractivity contribution in [1.29, 1.82) is 0 Å². The Morgan fingerprint density at radius 1 is 0.561 bits per heavy atom. The predicted octanol–water partition coefficient (Wildman–Crippen LogP) is 9.84. The number of carbonyl (C=O) groups excluding carboxylic acids is 2. The average Bonchev–Trinajstić information content (AvgIpc) is 3.03. The van der Waals surface area contributed by atoms with E-state index < -0.39 is 0 Å². The number of aldehydes is 2. The molecule has 0 spiro atoms. The Hall–Kier alpha value is -4.44. The van der Waals surface area contributed by atoms with Gasteiger partial charge in [0.15, 0.2) is 6.29 Å². The van der Waals surface area contributed by atoms with Crippen molar-refractivity contribution in [2.75, 3.05) is 11.5 Å². The van der Waals surface area contributed by atoms with Crippen LogP contribution < -0.4 is 9.64 Å². The molecule has 41 heavy (non-hydrogen) atoms.